The molecule has 0 aromatic heterocycles. The predicted octanol–water partition coefficient (Wildman–Crippen LogP) is 3.24. The van der Waals surface area contributed by atoms with Gasteiger partial charge in [0, 0.05) is 17.8 Å². The van der Waals surface area contributed by atoms with Gasteiger partial charge in [0.2, 0.25) is 10.0 Å². The molecular formula is C18H22N2O3S. The number of carbonyl (C=O) groups excluding carboxylic acids is 1. The van der Waals surface area contributed by atoms with Crippen LogP contribution in [-0.2, 0) is 10.0 Å². The lowest BCUT2D eigenvalue weighted by atomic mass is 10.0. The zero-order valence-corrected chi connectivity index (χ0v) is 14.9. The molecule has 6 heteroatoms. The fourth-order valence-electron chi connectivity index (χ4n) is 2.23. The molecule has 1 amide bonds. The minimum Gasteiger partial charge on any atom is -0.322 e. The lowest BCUT2D eigenvalue weighted by Gasteiger charge is -2.10. The largest absolute Gasteiger partial charge is 0.322 e. The van der Waals surface area contributed by atoms with Gasteiger partial charge in [0.1, 0.15) is 0 Å². The fourth-order valence-corrected chi connectivity index (χ4v) is 3.37. The van der Waals surface area contributed by atoms with Crippen LogP contribution in [0.25, 0.3) is 0 Å². The Morgan fingerprint density at radius 2 is 1.71 bits per heavy atom. The lowest BCUT2D eigenvalue weighted by molar-refractivity contribution is 0.102. The number of amides is 1. The summed E-state index contributed by atoms with van der Waals surface area (Å²) in [5, 5.41) is 2.79. The van der Waals surface area contributed by atoms with Crippen LogP contribution < -0.4 is 10.0 Å². The number of hydrogen-bond acceptors (Lipinski definition) is 3. The maximum Gasteiger partial charge on any atom is 0.255 e. The van der Waals surface area contributed by atoms with Crippen LogP contribution in [0.4, 0.5) is 5.69 Å². The van der Waals surface area contributed by atoms with Crippen molar-refractivity contribution in [3.05, 3.63) is 59.2 Å². The van der Waals surface area contributed by atoms with Crippen LogP contribution in [0.5, 0.6) is 0 Å². The third-order valence-electron chi connectivity index (χ3n) is 3.81. The Bertz CT molecular complexity index is 828. The van der Waals surface area contributed by atoms with Crippen molar-refractivity contribution < 1.29 is 13.2 Å². The molecule has 5 nitrogen and oxygen atoms in total. The average Bonchev–Trinajstić information content (AvgIpc) is 2.56. The lowest BCUT2D eigenvalue weighted by Crippen LogP contribution is -2.24. The van der Waals surface area contributed by atoms with E-state index in [4.69, 9.17) is 0 Å². The quantitative estimate of drug-likeness (QED) is 0.843. The van der Waals surface area contributed by atoms with E-state index in [0.29, 0.717) is 17.8 Å². The van der Waals surface area contributed by atoms with E-state index in [1.165, 1.54) is 12.1 Å². The Kier molecular flexibility index (Phi) is 5.75. The maximum atomic E-state index is 12.4. The Labute approximate surface area is 143 Å². The molecule has 0 aliphatic heterocycles. The number of rotatable bonds is 6. The standard InChI is InChI=1S/C18H22N2O3S/c1-4-12-19-24(22,23)16-10-8-15(9-11-16)20-18(21)17-7-5-6-13(2)14(17)3/h5-11,19H,4,12H2,1-3H3,(H,20,21). The third-order valence-corrected chi connectivity index (χ3v) is 5.29. The molecule has 0 saturated heterocycles. The average molecular weight is 346 g/mol. The Hall–Kier alpha value is -2.18. The van der Waals surface area contributed by atoms with E-state index in [2.05, 4.69) is 10.0 Å². The molecule has 0 spiro atoms. The van der Waals surface area contributed by atoms with Gasteiger partial charge in [-0.1, -0.05) is 19.1 Å². The van der Waals surface area contributed by atoms with Crippen molar-refractivity contribution in [3.63, 3.8) is 0 Å². The minimum absolute atomic E-state index is 0.181. The van der Waals surface area contributed by atoms with E-state index in [9.17, 15) is 13.2 Å². The molecule has 0 radical (unpaired) electrons. The van der Waals surface area contributed by atoms with Crippen LogP contribution in [-0.4, -0.2) is 20.9 Å². The zero-order valence-electron chi connectivity index (χ0n) is 14.1. The summed E-state index contributed by atoms with van der Waals surface area (Å²) in [7, 11) is -3.49. The number of benzene rings is 2. The highest BCUT2D eigenvalue weighted by molar-refractivity contribution is 7.89. The summed E-state index contributed by atoms with van der Waals surface area (Å²) in [5.41, 5.74) is 3.13. The molecule has 2 aromatic rings. The molecule has 0 fully saturated rings. The van der Waals surface area contributed by atoms with Crippen LogP contribution in [0.15, 0.2) is 47.4 Å². The van der Waals surface area contributed by atoms with Crippen molar-refractivity contribution in [2.75, 3.05) is 11.9 Å². The van der Waals surface area contributed by atoms with Gasteiger partial charge < -0.3 is 5.32 Å². The number of nitrogens with one attached hydrogen (secondary N) is 2. The van der Waals surface area contributed by atoms with Gasteiger partial charge in [-0.05, 0) is 61.7 Å². The van der Waals surface area contributed by atoms with Crippen molar-refractivity contribution in [2.24, 2.45) is 0 Å². The molecule has 0 heterocycles. The Morgan fingerprint density at radius 3 is 2.33 bits per heavy atom. The number of carbonyl (C=O) groups is 1. The summed E-state index contributed by atoms with van der Waals surface area (Å²) in [6.45, 7) is 6.15. The second kappa shape index (κ2) is 7.59. The molecule has 2 aromatic carbocycles. The van der Waals surface area contributed by atoms with Crippen molar-refractivity contribution in [1.82, 2.24) is 4.72 Å². The molecule has 0 unspecified atom stereocenters. The van der Waals surface area contributed by atoms with Gasteiger partial charge in [-0.15, -0.1) is 0 Å². The zero-order chi connectivity index (χ0) is 17.7. The molecule has 0 aliphatic carbocycles. The normalized spacial score (nSPS) is 11.3. The van der Waals surface area contributed by atoms with Crippen LogP contribution in [0.3, 0.4) is 0 Å². The summed E-state index contributed by atoms with van der Waals surface area (Å²) in [6.07, 6.45) is 0.725. The monoisotopic (exact) mass is 346 g/mol. The highest BCUT2D eigenvalue weighted by Gasteiger charge is 2.14. The molecule has 2 N–H and O–H groups in total. The number of aryl methyl sites for hydroxylation is 1. The SMILES string of the molecule is CCCNS(=O)(=O)c1ccc(NC(=O)c2cccc(C)c2C)cc1. The van der Waals surface area contributed by atoms with Gasteiger partial charge in [0.25, 0.3) is 5.91 Å². The maximum absolute atomic E-state index is 12.4. The van der Waals surface area contributed by atoms with Gasteiger partial charge in [-0.3, -0.25) is 4.79 Å². The van der Waals surface area contributed by atoms with Gasteiger partial charge in [-0.25, -0.2) is 13.1 Å². The first kappa shape index (κ1) is 18.2. The molecule has 2 rings (SSSR count). The minimum atomic E-state index is -3.49. The summed E-state index contributed by atoms with van der Waals surface area (Å²) >= 11 is 0. The summed E-state index contributed by atoms with van der Waals surface area (Å²) < 4.78 is 26.6. The van der Waals surface area contributed by atoms with E-state index in [0.717, 1.165) is 17.5 Å². The molecule has 128 valence electrons. The van der Waals surface area contributed by atoms with E-state index < -0.39 is 10.0 Å². The molecule has 0 bridgehead atoms. The van der Waals surface area contributed by atoms with Gasteiger partial charge in [-0.2, -0.15) is 0 Å². The second-order valence-corrected chi connectivity index (χ2v) is 7.39. The van der Waals surface area contributed by atoms with Crippen LogP contribution in [0.1, 0.15) is 34.8 Å². The molecule has 24 heavy (non-hydrogen) atoms. The van der Waals surface area contributed by atoms with E-state index in [-0.39, 0.29) is 10.8 Å². The first-order valence-electron chi connectivity index (χ1n) is 7.82. The third kappa shape index (κ3) is 4.21. The molecule has 0 saturated carbocycles. The van der Waals surface area contributed by atoms with Gasteiger partial charge >= 0.3 is 0 Å². The number of hydrogen-bond donors (Lipinski definition) is 2. The highest BCUT2D eigenvalue weighted by atomic mass is 32.2. The first-order valence-corrected chi connectivity index (χ1v) is 9.30. The van der Waals surface area contributed by atoms with Crippen LogP contribution in [0, 0.1) is 13.8 Å². The Morgan fingerprint density at radius 1 is 1.04 bits per heavy atom. The Balaban J connectivity index is 2.14. The van der Waals surface area contributed by atoms with E-state index >= 15 is 0 Å². The van der Waals surface area contributed by atoms with E-state index in [1.807, 2.05) is 32.9 Å². The van der Waals surface area contributed by atoms with E-state index in [1.54, 1.807) is 18.2 Å². The van der Waals surface area contributed by atoms with Crippen molar-refractivity contribution in [2.45, 2.75) is 32.1 Å². The summed E-state index contributed by atoms with van der Waals surface area (Å²) in [4.78, 5) is 12.5. The highest BCUT2D eigenvalue weighted by Crippen LogP contribution is 2.17. The van der Waals surface area contributed by atoms with Gasteiger partial charge in [0.15, 0.2) is 0 Å². The number of anilines is 1. The number of sulfonamides is 1. The molecule has 0 aliphatic rings. The molecular weight excluding hydrogens is 324 g/mol. The topological polar surface area (TPSA) is 75.3 Å². The van der Waals surface area contributed by atoms with Crippen LogP contribution >= 0.6 is 0 Å². The van der Waals surface area contributed by atoms with Crippen molar-refractivity contribution >= 4 is 21.6 Å². The smallest absolute Gasteiger partial charge is 0.255 e. The second-order valence-electron chi connectivity index (χ2n) is 5.62. The van der Waals surface area contributed by atoms with Crippen molar-refractivity contribution in [3.8, 4) is 0 Å². The first-order chi connectivity index (χ1) is 11.3. The van der Waals surface area contributed by atoms with Crippen LogP contribution in [0.2, 0.25) is 0 Å². The predicted molar refractivity (Wildman–Crippen MR) is 95.8 cm³/mol. The molecule has 0 atom stereocenters. The fraction of sp³-hybridized carbons (Fsp3) is 0.278. The van der Waals surface area contributed by atoms with Crippen molar-refractivity contribution in [1.29, 1.82) is 0 Å². The van der Waals surface area contributed by atoms with Gasteiger partial charge in [0.05, 0.1) is 4.90 Å². The summed E-state index contributed by atoms with van der Waals surface area (Å²) in [6, 6.07) is 11.7. The summed E-state index contributed by atoms with van der Waals surface area (Å²) in [5.74, 6) is -0.212.